The third kappa shape index (κ3) is 5.77. The van der Waals surface area contributed by atoms with Gasteiger partial charge in [0.05, 0.1) is 0 Å². The second kappa shape index (κ2) is 12.4. The Morgan fingerprint density at radius 1 is 0.707 bits per heavy atom. The molecule has 5 heteroatoms. The van der Waals surface area contributed by atoms with Crippen molar-refractivity contribution in [2.45, 2.75) is 24.3 Å². The number of ether oxygens (including phenoxy) is 2. The third-order valence-electron chi connectivity index (χ3n) is 8.39. The summed E-state index contributed by atoms with van der Waals surface area (Å²) in [6.45, 7) is 3.00. The molecule has 0 bridgehead atoms. The van der Waals surface area contributed by atoms with Crippen LogP contribution in [0.1, 0.15) is 34.6 Å². The molecule has 2 aliphatic heterocycles. The van der Waals surface area contributed by atoms with Crippen LogP contribution in [0.15, 0.2) is 133 Å². The van der Waals surface area contributed by atoms with Gasteiger partial charge in [0.1, 0.15) is 11.8 Å². The molecule has 1 fully saturated rings. The second-order valence-corrected chi connectivity index (χ2v) is 10.7. The fourth-order valence-corrected chi connectivity index (χ4v) is 6.29. The van der Waals surface area contributed by atoms with Crippen molar-refractivity contribution in [1.82, 2.24) is 9.80 Å². The molecule has 5 nitrogen and oxygen atoms in total. The van der Waals surface area contributed by atoms with Crippen LogP contribution in [0.5, 0.6) is 0 Å². The van der Waals surface area contributed by atoms with Crippen LogP contribution in [0, 0.1) is 0 Å². The van der Waals surface area contributed by atoms with Crippen LogP contribution < -0.4 is 0 Å². The van der Waals surface area contributed by atoms with Gasteiger partial charge in [0.15, 0.2) is 5.76 Å². The number of nitrogens with zero attached hydrogens (tertiary/aromatic N) is 2. The number of benzene rings is 4. The molecule has 41 heavy (non-hydrogen) atoms. The van der Waals surface area contributed by atoms with E-state index in [1.54, 1.807) is 6.26 Å². The van der Waals surface area contributed by atoms with Gasteiger partial charge in [0.2, 0.25) is 12.7 Å². The molecule has 2 aliphatic rings. The van der Waals surface area contributed by atoms with E-state index in [0.717, 1.165) is 30.8 Å². The van der Waals surface area contributed by atoms with Crippen LogP contribution in [0.3, 0.4) is 0 Å². The lowest BCUT2D eigenvalue weighted by atomic mass is 9.80. The number of carbonyl (C=O) groups excluding carboxylic acids is 1. The normalized spacial score (nSPS) is 16.9. The molecule has 1 saturated heterocycles. The van der Waals surface area contributed by atoms with Gasteiger partial charge < -0.3 is 14.4 Å². The van der Waals surface area contributed by atoms with Gasteiger partial charge in [-0.3, -0.25) is 9.69 Å². The SMILES string of the molecule is O=C(CC(c1ccccc1)c1ccccc1)N1CCN(C(Cc2ccccc2)(C2=COCO2)c2ccccc2)CC1. The quantitative estimate of drug-likeness (QED) is 0.247. The summed E-state index contributed by atoms with van der Waals surface area (Å²) in [6.07, 6.45) is 2.97. The summed E-state index contributed by atoms with van der Waals surface area (Å²) < 4.78 is 11.8. The summed E-state index contributed by atoms with van der Waals surface area (Å²) in [6, 6.07) is 41.8. The van der Waals surface area contributed by atoms with Crippen molar-refractivity contribution in [3.8, 4) is 0 Å². The van der Waals surface area contributed by atoms with Gasteiger partial charge in [0, 0.05) is 44.9 Å². The summed E-state index contributed by atoms with van der Waals surface area (Å²) in [5, 5.41) is 0. The fourth-order valence-electron chi connectivity index (χ4n) is 6.29. The first-order valence-electron chi connectivity index (χ1n) is 14.4. The Morgan fingerprint density at radius 2 is 1.24 bits per heavy atom. The van der Waals surface area contributed by atoms with E-state index >= 15 is 0 Å². The van der Waals surface area contributed by atoms with Crippen LogP contribution in [-0.2, 0) is 26.2 Å². The standard InChI is InChI=1S/C36H36N2O3/c39-35(25-33(30-15-7-2-8-16-30)31-17-9-3-10-18-31)37-21-23-38(24-22-37)36(34-27-40-28-41-34,32-19-11-4-12-20-32)26-29-13-5-1-6-14-29/h1-20,27,33H,21-26,28H2. The van der Waals surface area contributed by atoms with E-state index in [1.807, 2.05) is 53.4 Å². The van der Waals surface area contributed by atoms with Gasteiger partial charge in [-0.05, 0) is 22.3 Å². The number of carbonyl (C=O) groups is 1. The molecule has 1 amide bonds. The van der Waals surface area contributed by atoms with Crippen molar-refractivity contribution in [1.29, 1.82) is 0 Å². The average molecular weight is 545 g/mol. The lowest BCUT2D eigenvalue weighted by molar-refractivity contribution is -0.134. The van der Waals surface area contributed by atoms with Crippen LogP contribution in [0.4, 0.5) is 0 Å². The van der Waals surface area contributed by atoms with Gasteiger partial charge in [-0.1, -0.05) is 121 Å². The van der Waals surface area contributed by atoms with E-state index < -0.39 is 5.54 Å². The molecule has 4 aromatic rings. The Hall–Kier alpha value is -4.35. The summed E-state index contributed by atoms with van der Waals surface area (Å²) in [5.74, 6) is 1.04. The Bertz CT molecular complexity index is 1400. The van der Waals surface area contributed by atoms with Crippen LogP contribution in [-0.4, -0.2) is 48.7 Å². The number of piperazine rings is 1. The molecule has 6 rings (SSSR count). The van der Waals surface area contributed by atoms with E-state index in [-0.39, 0.29) is 18.6 Å². The van der Waals surface area contributed by atoms with Gasteiger partial charge in [-0.15, -0.1) is 0 Å². The van der Waals surface area contributed by atoms with Crippen molar-refractivity contribution < 1.29 is 14.3 Å². The third-order valence-corrected chi connectivity index (χ3v) is 8.39. The highest BCUT2D eigenvalue weighted by atomic mass is 16.7. The zero-order valence-corrected chi connectivity index (χ0v) is 23.3. The predicted octanol–water partition coefficient (Wildman–Crippen LogP) is 6.34. The van der Waals surface area contributed by atoms with E-state index in [1.165, 1.54) is 16.7 Å². The monoisotopic (exact) mass is 544 g/mol. The largest absolute Gasteiger partial charge is 0.462 e. The summed E-state index contributed by atoms with van der Waals surface area (Å²) in [4.78, 5) is 18.3. The minimum Gasteiger partial charge on any atom is -0.462 e. The van der Waals surface area contributed by atoms with Gasteiger partial charge in [-0.25, -0.2) is 0 Å². The molecule has 0 N–H and O–H groups in total. The van der Waals surface area contributed by atoms with E-state index in [4.69, 9.17) is 9.47 Å². The highest BCUT2D eigenvalue weighted by Gasteiger charge is 2.46. The van der Waals surface area contributed by atoms with Crippen LogP contribution in [0.2, 0.25) is 0 Å². The molecule has 1 unspecified atom stereocenters. The molecule has 4 aromatic carbocycles. The number of rotatable bonds is 9. The van der Waals surface area contributed by atoms with Gasteiger partial charge >= 0.3 is 0 Å². The molecule has 0 aromatic heterocycles. The maximum absolute atomic E-state index is 13.8. The molecule has 0 spiro atoms. The highest BCUT2D eigenvalue weighted by molar-refractivity contribution is 5.78. The number of hydrogen-bond donors (Lipinski definition) is 0. The lowest BCUT2D eigenvalue weighted by Gasteiger charge is -2.48. The van der Waals surface area contributed by atoms with Gasteiger partial charge in [0.25, 0.3) is 0 Å². The topological polar surface area (TPSA) is 42.0 Å². The fraction of sp³-hybridized carbons (Fsp3) is 0.250. The first-order valence-corrected chi connectivity index (χ1v) is 14.4. The Kier molecular flexibility index (Phi) is 8.15. The van der Waals surface area contributed by atoms with E-state index in [9.17, 15) is 4.79 Å². The molecular weight excluding hydrogens is 508 g/mol. The maximum Gasteiger partial charge on any atom is 0.229 e. The van der Waals surface area contributed by atoms with Crippen molar-refractivity contribution in [3.63, 3.8) is 0 Å². The zero-order valence-electron chi connectivity index (χ0n) is 23.3. The summed E-state index contributed by atoms with van der Waals surface area (Å²) in [7, 11) is 0. The van der Waals surface area contributed by atoms with Gasteiger partial charge in [-0.2, -0.15) is 0 Å². The molecule has 2 heterocycles. The minimum atomic E-state index is -0.537. The zero-order chi connectivity index (χ0) is 27.9. The Balaban J connectivity index is 1.25. The minimum absolute atomic E-state index is 0.0265. The summed E-state index contributed by atoms with van der Waals surface area (Å²) in [5.41, 5.74) is 4.18. The molecular formula is C36H36N2O3. The smallest absolute Gasteiger partial charge is 0.229 e. The van der Waals surface area contributed by atoms with Crippen molar-refractivity contribution in [2.75, 3.05) is 33.0 Å². The lowest BCUT2D eigenvalue weighted by Crippen LogP contribution is -2.58. The average Bonchev–Trinajstić information content (AvgIpc) is 3.60. The van der Waals surface area contributed by atoms with Crippen molar-refractivity contribution in [3.05, 3.63) is 156 Å². The van der Waals surface area contributed by atoms with Crippen LogP contribution in [0.25, 0.3) is 0 Å². The van der Waals surface area contributed by atoms with E-state index in [2.05, 4.69) is 77.7 Å². The molecule has 0 radical (unpaired) electrons. The summed E-state index contributed by atoms with van der Waals surface area (Å²) >= 11 is 0. The van der Waals surface area contributed by atoms with E-state index in [0.29, 0.717) is 19.5 Å². The van der Waals surface area contributed by atoms with Crippen LogP contribution >= 0.6 is 0 Å². The molecule has 208 valence electrons. The number of amides is 1. The van der Waals surface area contributed by atoms with Crippen molar-refractivity contribution in [2.24, 2.45) is 0 Å². The maximum atomic E-state index is 13.8. The predicted molar refractivity (Wildman–Crippen MR) is 161 cm³/mol. The Morgan fingerprint density at radius 3 is 1.78 bits per heavy atom. The first-order chi connectivity index (χ1) is 20.2. The number of hydrogen-bond acceptors (Lipinski definition) is 4. The highest BCUT2D eigenvalue weighted by Crippen LogP contribution is 2.42. The molecule has 0 saturated carbocycles. The molecule has 1 atom stereocenters. The Labute approximate surface area is 242 Å². The van der Waals surface area contributed by atoms with Crippen molar-refractivity contribution >= 4 is 5.91 Å². The first kappa shape index (κ1) is 26.9. The molecule has 0 aliphatic carbocycles. The second-order valence-electron chi connectivity index (χ2n) is 10.7.